The van der Waals surface area contributed by atoms with E-state index >= 15 is 0 Å². The van der Waals surface area contributed by atoms with Crippen LogP contribution < -0.4 is 10.5 Å². The third-order valence-electron chi connectivity index (χ3n) is 6.68. The molecule has 4 heteroatoms. The lowest BCUT2D eigenvalue weighted by Crippen LogP contribution is -2.39. The van der Waals surface area contributed by atoms with Crippen LogP contribution in [0, 0.1) is 0 Å². The van der Waals surface area contributed by atoms with Gasteiger partial charge < -0.3 is 5.11 Å². The molecule has 1 aromatic carbocycles. The van der Waals surface area contributed by atoms with Crippen molar-refractivity contribution < 1.29 is 5.11 Å². The van der Waals surface area contributed by atoms with Gasteiger partial charge in [-0.25, -0.2) is 5.43 Å². The van der Waals surface area contributed by atoms with Crippen molar-refractivity contribution in [3.63, 3.8) is 0 Å². The quantitative estimate of drug-likeness (QED) is 0.742. The summed E-state index contributed by atoms with van der Waals surface area (Å²) < 4.78 is 0. The second kappa shape index (κ2) is 6.88. The van der Waals surface area contributed by atoms with E-state index in [0.717, 1.165) is 36.9 Å². The van der Waals surface area contributed by atoms with Gasteiger partial charge in [0.15, 0.2) is 0 Å². The summed E-state index contributed by atoms with van der Waals surface area (Å²) >= 11 is 0. The first kappa shape index (κ1) is 19.2. The molecule has 0 aromatic heterocycles. The van der Waals surface area contributed by atoms with E-state index in [0.29, 0.717) is 11.8 Å². The minimum atomic E-state index is -0.0850. The minimum Gasteiger partial charge on any atom is -0.505 e. The van der Waals surface area contributed by atoms with Gasteiger partial charge in [-0.05, 0) is 54.6 Å². The SMILES string of the molecule is CCC(C)(C)c1cc(N2N=C3CCCCC3N2)c(O)c(C(C)(C)CC)c1. The first-order chi connectivity index (χ1) is 12.2. The number of hydrazone groups is 1. The Morgan fingerprint density at radius 3 is 2.42 bits per heavy atom. The molecule has 144 valence electrons. The molecular formula is C22H35N3O. The minimum absolute atomic E-state index is 0.0562. The van der Waals surface area contributed by atoms with Crippen LogP contribution in [-0.2, 0) is 10.8 Å². The van der Waals surface area contributed by atoms with Gasteiger partial charge in [-0.1, -0.05) is 54.0 Å². The number of phenols is 1. The Labute approximate surface area is 158 Å². The molecule has 2 aliphatic rings. The van der Waals surface area contributed by atoms with E-state index in [1.54, 1.807) is 0 Å². The largest absolute Gasteiger partial charge is 0.505 e. The van der Waals surface area contributed by atoms with Crippen molar-refractivity contribution in [2.75, 3.05) is 5.12 Å². The Bertz CT molecular complexity index is 706. The average molecular weight is 358 g/mol. The van der Waals surface area contributed by atoms with Gasteiger partial charge in [0.25, 0.3) is 0 Å². The average Bonchev–Trinajstić information content (AvgIpc) is 3.05. The number of anilines is 1. The van der Waals surface area contributed by atoms with E-state index in [4.69, 9.17) is 5.10 Å². The van der Waals surface area contributed by atoms with Crippen molar-refractivity contribution in [1.82, 2.24) is 5.43 Å². The third kappa shape index (κ3) is 3.36. The lowest BCUT2D eigenvalue weighted by Gasteiger charge is -2.32. The Hall–Kier alpha value is -1.55. The van der Waals surface area contributed by atoms with Crippen molar-refractivity contribution in [2.45, 2.75) is 96.9 Å². The molecule has 1 fully saturated rings. The Balaban J connectivity index is 2.11. The van der Waals surface area contributed by atoms with Crippen molar-refractivity contribution in [3.8, 4) is 5.75 Å². The molecule has 1 atom stereocenters. The van der Waals surface area contributed by atoms with E-state index in [9.17, 15) is 5.11 Å². The molecule has 26 heavy (non-hydrogen) atoms. The third-order valence-corrected chi connectivity index (χ3v) is 6.68. The molecule has 4 nitrogen and oxygen atoms in total. The Morgan fingerprint density at radius 2 is 1.81 bits per heavy atom. The molecule has 0 radical (unpaired) electrons. The molecule has 2 N–H and O–H groups in total. The predicted octanol–water partition coefficient (Wildman–Crippen LogP) is 5.39. The summed E-state index contributed by atoms with van der Waals surface area (Å²) in [6, 6.07) is 4.67. The molecule has 0 spiro atoms. The summed E-state index contributed by atoms with van der Waals surface area (Å²) in [5.41, 5.74) is 7.79. The molecule has 3 rings (SSSR count). The number of phenolic OH excluding ortho intramolecular Hbond substituents is 1. The number of nitrogens with one attached hydrogen (secondary N) is 1. The zero-order valence-corrected chi connectivity index (χ0v) is 17.3. The summed E-state index contributed by atoms with van der Waals surface area (Å²) in [7, 11) is 0. The van der Waals surface area contributed by atoms with E-state index in [2.05, 4.69) is 59.1 Å². The van der Waals surface area contributed by atoms with Crippen LogP contribution in [0.25, 0.3) is 0 Å². The van der Waals surface area contributed by atoms with E-state index < -0.39 is 0 Å². The number of hydrogen-bond acceptors (Lipinski definition) is 4. The molecule has 1 aromatic rings. The van der Waals surface area contributed by atoms with Crippen LogP contribution in [0.1, 0.15) is 91.2 Å². The lowest BCUT2D eigenvalue weighted by atomic mass is 9.76. The zero-order chi connectivity index (χ0) is 19.1. The van der Waals surface area contributed by atoms with Crippen LogP contribution in [0.4, 0.5) is 5.69 Å². The van der Waals surface area contributed by atoms with E-state index in [1.807, 2.05) is 5.12 Å². The summed E-state index contributed by atoms with van der Waals surface area (Å²) in [6.45, 7) is 13.4. The monoisotopic (exact) mass is 357 g/mol. The van der Waals surface area contributed by atoms with Crippen LogP contribution >= 0.6 is 0 Å². The van der Waals surface area contributed by atoms with Crippen molar-refractivity contribution in [3.05, 3.63) is 23.3 Å². The first-order valence-electron chi connectivity index (χ1n) is 10.2. The number of fused-ring (bicyclic) bond motifs is 1. The summed E-state index contributed by atoms with van der Waals surface area (Å²) in [4.78, 5) is 0. The highest BCUT2D eigenvalue weighted by molar-refractivity contribution is 5.93. The highest BCUT2D eigenvalue weighted by Gasteiger charge is 2.34. The van der Waals surface area contributed by atoms with Crippen LogP contribution in [-0.4, -0.2) is 16.9 Å². The molecule has 0 saturated heterocycles. The number of aromatic hydroxyl groups is 1. The van der Waals surface area contributed by atoms with E-state index in [-0.39, 0.29) is 10.8 Å². The highest BCUT2D eigenvalue weighted by atomic mass is 16.3. The second-order valence-electron chi connectivity index (χ2n) is 9.20. The molecule has 1 aliphatic carbocycles. The molecule has 1 heterocycles. The molecular weight excluding hydrogens is 322 g/mol. The Kier molecular flexibility index (Phi) is 5.08. The van der Waals surface area contributed by atoms with Crippen LogP contribution in [0.15, 0.2) is 17.2 Å². The van der Waals surface area contributed by atoms with Crippen LogP contribution in [0.5, 0.6) is 5.75 Å². The Morgan fingerprint density at radius 1 is 1.12 bits per heavy atom. The van der Waals surface area contributed by atoms with Gasteiger partial charge in [-0.2, -0.15) is 10.2 Å². The normalized spacial score (nSPS) is 20.9. The van der Waals surface area contributed by atoms with Crippen molar-refractivity contribution >= 4 is 11.4 Å². The molecule has 0 bridgehead atoms. The molecule has 0 amide bonds. The predicted molar refractivity (Wildman–Crippen MR) is 110 cm³/mol. The van der Waals surface area contributed by atoms with Gasteiger partial charge in [0.05, 0.1) is 11.8 Å². The van der Waals surface area contributed by atoms with Crippen molar-refractivity contribution in [1.29, 1.82) is 0 Å². The van der Waals surface area contributed by atoms with Gasteiger partial charge in [0.2, 0.25) is 0 Å². The number of benzene rings is 1. The molecule has 1 saturated carbocycles. The van der Waals surface area contributed by atoms with Crippen LogP contribution in [0.3, 0.4) is 0 Å². The zero-order valence-electron chi connectivity index (χ0n) is 17.3. The van der Waals surface area contributed by atoms with Gasteiger partial charge in [0.1, 0.15) is 11.4 Å². The van der Waals surface area contributed by atoms with Gasteiger partial charge in [-0.15, -0.1) is 0 Å². The van der Waals surface area contributed by atoms with E-state index in [1.165, 1.54) is 24.1 Å². The maximum Gasteiger partial charge on any atom is 0.146 e. The number of hydrogen-bond donors (Lipinski definition) is 2. The summed E-state index contributed by atoms with van der Waals surface area (Å²) in [5.74, 6) is 0.364. The number of hydrazine groups is 1. The van der Waals surface area contributed by atoms with Gasteiger partial charge >= 0.3 is 0 Å². The second-order valence-corrected chi connectivity index (χ2v) is 9.20. The summed E-state index contributed by atoms with van der Waals surface area (Å²) in [6.07, 6.45) is 6.67. The first-order valence-corrected chi connectivity index (χ1v) is 10.2. The fourth-order valence-electron chi connectivity index (χ4n) is 3.76. The maximum atomic E-state index is 11.2. The lowest BCUT2D eigenvalue weighted by molar-refractivity contribution is 0.422. The topological polar surface area (TPSA) is 47.9 Å². The van der Waals surface area contributed by atoms with Crippen molar-refractivity contribution in [2.24, 2.45) is 5.10 Å². The number of nitrogens with zero attached hydrogens (tertiary/aromatic N) is 2. The molecule has 1 unspecified atom stereocenters. The fourth-order valence-corrected chi connectivity index (χ4v) is 3.76. The van der Waals surface area contributed by atoms with Gasteiger partial charge in [0, 0.05) is 5.56 Å². The van der Waals surface area contributed by atoms with Gasteiger partial charge in [-0.3, -0.25) is 0 Å². The van der Waals surface area contributed by atoms with Crippen LogP contribution in [0.2, 0.25) is 0 Å². The number of rotatable bonds is 5. The fraction of sp³-hybridized carbons (Fsp3) is 0.682. The standard InChI is InChI=1S/C22H35N3O/c1-7-21(3,4)15-13-16(22(5,6)8-2)20(26)19(14-15)25-23-17-11-9-10-12-18(17)24-25/h13-14,17,23,26H,7-12H2,1-6H3. The highest BCUT2D eigenvalue weighted by Crippen LogP contribution is 2.44. The smallest absolute Gasteiger partial charge is 0.146 e. The maximum absolute atomic E-state index is 11.2. The summed E-state index contributed by atoms with van der Waals surface area (Å²) in [5, 5.41) is 17.8. The molecule has 1 aliphatic heterocycles.